The van der Waals surface area contributed by atoms with Gasteiger partial charge < -0.3 is 4.74 Å². The number of fused-ring (bicyclic) bond motifs is 3. The predicted octanol–water partition coefficient (Wildman–Crippen LogP) is 3.36. The number of carbonyl (C=O) groups is 2. The second-order valence-corrected chi connectivity index (χ2v) is 6.75. The molecule has 0 saturated carbocycles. The van der Waals surface area contributed by atoms with Crippen LogP contribution in [0.2, 0.25) is 0 Å². The highest BCUT2D eigenvalue weighted by atomic mass is 32.2. The van der Waals surface area contributed by atoms with Gasteiger partial charge in [0.25, 0.3) is 0 Å². The quantitative estimate of drug-likeness (QED) is 0.626. The van der Waals surface area contributed by atoms with E-state index in [9.17, 15) is 14.0 Å². The van der Waals surface area contributed by atoms with Gasteiger partial charge in [0, 0.05) is 17.7 Å². The normalized spacial score (nSPS) is 22.0. The largest absolute Gasteiger partial charge is 0.424 e. The minimum Gasteiger partial charge on any atom is -0.424 e. The number of rotatable bonds is 2. The van der Waals surface area contributed by atoms with Crippen molar-refractivity contribution in [3.8, 4) is 5.75 Å². The van der Waals surface area contributed by atoms with Crippen molar-refractivity contribution in [2.24, 2.45) is 0 Å². The molecule has 2 aliphatic heterocycles. The molecule has 2 aliphatic rings. The smallest absolute Gasteiger partial charge is 0.348 e. The highest BCUT2D eigenvalue weighted by molar-refractivity contribution is 8.02. The molecule has 2 aromatic carbocycles. The number of thioether (sulfide) groups is 1. The molecule has 23 heavy (non-hydrogen) atoms. The van der Waals surface area contributed by atoms with Crippen LogP contribution in [0.1, 0.15) is 12.8 Å². The molecule has 0 radical (unpaired) electrons. The zero-order chi connectivity index (χ0) is 16.0. The van der Waals surface area contributed by atoms with E-state index >= 15 is 0 Å². The first-order valence-electron chi connectivity index (χ1n) is 7.19. The first kappa shape index (κ1) is 14.3. The van der Waals surface area contributed by atoms with Crippen molar-refractivity contribution in [2.75, 3.05) is 4.90 Å². The van der Waals surface area contributed by atoms with Crippen molar-refractivity contribution in [3.63, 3.8) is 0 Å². The highest BCUT2D eigenvalue weighted by Gasteiger charge is 2.58. The number of para-hydroxylation sites is 1. The molecule has 1 fully saturated rings. The first-order valence-corrected chi connectivity index (χ1v) is 8.01. The third kappa shape index (κ3) is 2.13. The predicted molar refractivity (Wildman–Crippen MR) is 83.8 cm³/mol. The van der Waals surface area contributed by atoms with Crippen molar-refractivity contribution in [1.29, 1.82) is 0 Å². The van der Waals surface area contributed by atoms with Crippen LogP contribution >= 0.6 is 11.8 Å². The Labute approximate surface area is 136 Å². The van der Waals surface area contributed by atoms with E-state index < -0.39 is 16.7 Å². The molecule has 1 atom stereocenters. The van der Waals surface area contributed by atoms with Crippen LogP contribution in [0, 0.1) is 5.82 Å². The fourth-order valence-corrected chi connectivity index (χ4v) is 4.36. The number of benzene rings is 2. The average Bonchev–Trinajstić information content (AvgIpc) is 3.06. The summed E-state index contributed by atoms with van der Waals surface area (Å²) in [6.07, 6.45) is 0.699. The summed E-state index contributed by atoms with van der Waals surface area (Å²) < 4.78 is 18.4. The van der Waals surface area contributed by atoms with Crippen LogP contribution in [0.3, 0.4) is 0 Å². The average molecular weight is 329 g/mol. The Morgan fingerprint density at radius 3 is 2.70 bits per heavy atom. The Morgan fingerprint density at radius 2 is 1.91 bits per heavy atom. The van der Waals surface area contributed by atoms with Gasteiger partial charge >= 0.3 is 5.97 Å². The lowest BCUT2D eigenvalue weighted by atomic mass is 10.2. The zero-order valence-corrected chi connectivity index (χ0v) is 12.8. The fraction of sp³-hybridized carbons (Fsp3) is 0.176. The summed E-state index contributed by atoms with van der Waals surface area (Å²) in [6.45, 7) is 0. The van der Waals surface area contributed by atoms with Gasteiger partial charge in [-0.2, -0.15) is 0 Å². The van der Waals surface area contributed by atoms with E-state index in [0.29, 0.717) is 12.8 Å². The van der Waals surface area contributed by atoms with Crippen molar-refractivity contribution < 1.29 is 18.7 Å². The van der Waals surface area contributed by atoms with Crippen LogP contribution in [0.25, 0.3) is 0 Å². The molecule has 0 aromatic heterocycles. The topological polar surface area (TPSA) is 46.6 Å². The van der Waals surface area contributed by atoms with Gasteiger partial charge in [-0.05, 0) is 36.4 Å². The van der Waals surface area contributed by atoms with E-state index in [0.717, 1.165) is 10.6 Å². The van der Waals surface area contributed by atoms with E-state index in [-0.39, 0.29) is 11.7 Å². The minimum atomic E-state index is -1.06. The lowest BCUT2D eigenvalue weighted by molar-refractivity contribution is -0.137. The molecule has 116 valence electrons. The summed E-state index contributed by atoms with van der Waals surface area (Å²) in [4.78, 5) is 26.4. The highest BCUT2D eigenvalue weighted by Crippen LogP contribution is 2.56. The molecule has 1 amide bonds. The van der Waals surface area contributed by atoms with Crippen LogP contribution in [0.4, 0.5) is 10.1 Å². The lowest BCUT2D eigenvalue weighted by Gasteiger charge is -2.28. The number of halogens is 1. The summed E-state index contributed by atoms with van der Waals surface area (Å²) in [5, 5.41) is 0. The molecule has 4 rings (SSSR count). The molecule has 4 nitrogen and oxygen atoms in total. The molecule has 0 spiro atoms. The Kier molecular flexibility index (Phi) is 3.16. The van der Waals surface area contributed by atoms with Crippen molar-refractivity contribution >= 4 is 29.3 Å². The minimum absolute atomic E-state index is 0.0847. The SMILES string of the molecule is O=C1CCC2(C(=O)Oc3ccc(F)cc3)Sc3ccccc3N12. The fourth-order valence-electron chi connectivity index (χ4n) is 2.96. The third-order valence-corrected chi connectivity index (χ3v) is 5.47. The number of hydrogen-bond acceptors (Lipinski definition) is 4. The lowest BCUT2D eigenvalue weighted by Crippen LogP contribution is -2.48. The van der Waals surface area contributed by atoms with E-state index in [1.54, 1.807) is 4.90 Å². The standard InChI is InChI=1S/C17H12FNO3S/c18-11-5-7-12(8-6-11)22-16(21)17-10-9-15(20)19(17)13-3-1-2-4-14(13)23-17/h1-8H,9-10H2. The van der Waals surface area contributed by atoms with Crippen LogP contribution < -0.4 is 9.64 Å². The molecule has 6 heteroatoms. The molecule has 1 saturated heterocycles. The van der Waals surface area contributed by atoms with Crippen molar-refractivity contribution in [3.05, 3.63) is 54.3 Å². The molecule has 2 heterocycles. The Bertz CT molecular complexity index is 808. The van der Waals surface area contributed by atoms with Gasteiger partial charge in [-0.25, -0.2) is 9.18 Å². The Balaban J connectivity index is 1.68. The Hall–Kier alpha value is -2.34. The summed E-state index contributed by atoms with van der Waals surface area (Å²) in [6, 6.07) is 12.7. The molecule has 0 N–H and O–H groups in total. The summed E-state index contributed by atoms with van der Waals surface area (Å²) in [5.74, 6) is -0.723. The van der Waals surface area contributed by atoms with E-state index in [1.807, 2.05) is 24.3 Å². The third-order valence-electron chi connectivity index (χ3n) is 4.02. The van der Waals surface area contributed by atoms with E-state index in [4.69, 9.17) is 4.74 Å². The Morgan fingerprint density at radius 1 is 1.17 bits per heavy atom. The second kappa shape index (κ2) is 5.09. The number of ether oxygens (including phenoxy) is 1. The molecular formula is C17H12FNO3S. The first-order chi connectivity index (χ1) is 11.1. The van der Waals surface area contributed by atoms with Crippen molar-refractivity contribution in [2.45, 2.75) is 22.6 Å². The number of hydrogen-bond donors (Lipinski definition) is 0. The maximum atomic E-state index is 13.0. The van der Waals surface area contributed by atoms with E-state index in [1.165, 1.54) is 36.0 Å². The van der Waals surface area contributed by atoms with Gasteiger partial charge in [-0.15, -0.1) is 0 Å². The molecule has 0 bridgehead atoms. The van der Waals surface area contributed by atoms with Gasteiger partial charge in [-0.3, -0.25) is 9.69 Å². The van der Waals surface area contributed by atoms with Gasteiger partial charge in [-0.1, -0.05) is 23.9 Å². The van der Waals surface area contributed by atoms with Crippen molar-refractivity contribution in [1.82, 2.24) is 0 Å². The van der Waals surface area contributed by atoms with Gasteiger partial charge in [0.05, 0.1) is 5.69 Å². The molecule has 1 unspecified atom stereocenters. The van der Waals surface area contributed by atoms with Gasteiger partial charge in [0.1, 0.15) is 11.6 Å². The van der Waals surface area contributed by atoms with Gasteiger partial charge in [0.15, 0.2) is 4.87 Å². The van der Waals surface area contributed by atoms with Crippen LogP contribution in [0.5, 0.6) is 5.75 Å². The summed E-state index contributed by atoms with van der Waals surface area (Å²) in [7, 11) is 0. The number of amides is 1. The zero-order valence-electron chi connectivity index (χ0n) is 12.0. The maximum Gasteiger partial charge on any atom is 0.348 e. The molecule has 0 aliphatic carbocycles. The number of anilines is 1. The van der Waals surface area contributed by atoms with Crippen LogP contribution in [0.15, 0.2) is 53.4 Å². The number of esters is 1. The van der Waals surface area contributed by atoms with Crippen LogP contribution in [-0.4, -0.2) is 16.7 Å². The monoisotopic (exact) mass is 329 g/mol. The number of nitrogens with zero attached hydrogens (tertiary/aromatic N) is 1. The van der Waals surface area contributed by atoms with E-state index in [2.05, 4.69) is 0 Å². The van der Waals surface area contributed by atoms with Crippen LogP contribution in [-0.2, 0) is 9.59 Å². The number of carbonyl (C=O) groups excluding carboxylic acids is 2. The summed E-state index contributed by atoms with van der Waals surface area (Å²) in [5.41, 5.74) is 0.746. The second-order valence-electron chi connectivity index (χ2n) is 5.43. The van der Waals surface area contributed by atoms with Gasteiger partial charge in [0.2, 0.25) is 5.91 Å². The molecule has 2 aromatic rings. The summed E-state index contributed by atoms with van der Waals surface area (Å²) >= 11 is 1.34. The maximum absolute atomic E-state index is 13.0. The molecular weight excluding hydrogens is 317 g/mol.